The zero-order chi connectivity index (χ0) is 12.7. The molecule has 0 aliphatic carbocycles. The Morgan fingerprint density at radius 3 is 2.94 bits per heavy atom. The maximum absolute atomic E-state index is 8.43. The summed E-state index contributed by atoms with van der Waals surface area (Å²) in [4.78, 5) is 0. The van der Waals surface area contributed by atoms with Gasteiger partial charge in [0.05, 0.1) is 19.8 Å². The quantitative estimate of drug-likeness (QED) is 0.342. The minimum atomic E-state index is -0.0999. The van der Waals surface area contributed by atoms with E-state index in [0.29, 0.717) is 13.0 Å². The van der Waals surface area contributed by atoms with Crippen LogP contribution in [-0.2, 0) is 11.3 Å². The third kappa shape index (κ3) is 4.74. The molecule has 94 valence electrons. The summed E-state index contributed by atoms with van der Waals surface area (Å²) >= 11 is 0. The van der Waals surface area contributed by atoms with E-state index >= 15 is 0 Å². The van der Waals surface area contributed by atoms with E-state index in [0.717, 1.165) is 11.3 Å². The van der Waals surface area contributed by atoms with Crippen LogP contribution in [-0.4, -0.2) is 24.3 Å². The van der Waals surface area contributed by atoms with Gasteiger partial charge in [-0.25, -0.2) is 0 Å². The third-order valence-electron chi connectivity index (χ3n) is 2.29. The lowest BCUT2D eigenvalue weighted by atomic mass is 10.2. The van der Waals surface area contributed by atoms with Crippen LogP contribution in [0, 0.1) is 0 Å². The molecular formula is C12H18N2O3. The normalized spacial score (nSPS) is 13.4. The summed E-state index contributed by atoms with van der Waals surface area (Å²) in [5.41, 5.74) is 6.41. The van der Waals surface area contributed by atoms with Crippen LogP contribution in [0.2, 0.25) is 0 Å². The number of nitrogens with zero attached hydrogens (tertiary/aromatic N) is 1. The number of amidine groups is 1. The molecule has 1 rings (SSSR count). The smallest absolute Gasteiger partial charge is 0.141 e. The summed E-state index contributed by atoms with van der Waals surface area (Å²) < 4.78 is 10.7. The average Bonchev–Trinajstić information content (AvgIpc) is 2.36. The van der Waals surface area contributed by atoms with Gasteiger partial charge in [-0.3, -0.25) is 0 Å². The number of ether oxygens (including phenoxy) is 2. The summed E-state index contributed by atoms with van der Waals surface area (Å²) in [5, 5.41) is 11.3. The summed E-state index contributed by atoms with van der Waals surface area (Å²) in [6.45, 7) is 2.34. The lowest BCUT2D eigenvalue weighted by Gasteiger charge is -2.12. The van der Waals surface area contributed by atoms with Gasteiger partial charge in [0, 0.05) is 6.42 Å². The number of methoxy groups -OCH3 is 1. The fraction of sp³-hybridized carbons (Fsp3) is 0.417. The molecule has 1 aromatic rings. The molecule has 1 atom stereocenters. The Balaban J connectivity index is 2.44. The summed E-state index contributed by atoms with van der Waals surface area (Å²) in [7, 11) is 1.63. The summed E-state index contributed by atoms with van der Waals surface area (Å²) in [6.07, 6.45) is 0.303. The van der Waals surface area contributed by atoms with Crippen molar-refractivity contribution in [2.45, 2.75) is 26.1 Å². The van der Waals surface area contributed by atoms with Crippen LogP contribution >= 0.6 is 0 Å². The van der Waals surface area contributed by atoms with Crippen LogP contribution in [0.1, 0.15) is 18.9 Å². The SMILES string of the molecule is COc1cccc(COC(C)CC(N)=NO)c1. The van der Waals surface area contributed by atoms with Crippen molar-refractivity contribution >= 4 is 5.84 Å². The van der Waals surface area contributed by atoms with E-state index in [1.165, 1.54) is 0 Å². The summed E-state index contributed by atoms with van der Waals surface area (Å²) in [5.74, 6) is 0.971. The van der Waals surface area contributed by atoms with E-state index in [4.69, 9.17) is 20.4 Å². The van der Waals surface area contributed by atoms with Crippen LogP contribution < -0.4 is 10.5 Å². The number of nitrogens with two attached hydrogens (primary N) is 1. The Bertz CT molecular complexity index is 380. The van der Waals surface area contributed by atoms with E-state index in [-0.39, 0.29) is 11.9 Å². The van der Waals surface area contributed by atoms with Crippen LogP contribution in [0.15, 0.2) is 29.4 Å². The van der Waals surface area contributed by atoms with Crippen molar-refractivity contribution in [1.82, 2.24) is 0 Å². The second-order valence-corrected chi connectivity index (χ2v) is 3.77. The molecule has 0 fully saturated rings. The van der Waals surface area contributed by atoms with Crippen molar-refractivity contribution in [2.24, 2.45) is 10.9 Å². The molecule has 0 radical (unpaired) electrons. The standard InChI is InChI=1S/C12H18N2O3/c1-9(6-12(13)14-15)17-8-10-4-3-5-11(7-10)16-2/h3-5,7,9,15H,6,8H2,1-2H3,(H2,13,14). The van der Waals surface area contributed by atoms with Crippen molar-refractivity contribution in [3.05, 3.63) is 29.8 Å². The highest BCUT2D eigenvalue weighted by molar-refractivity contribution is 5.79. The second kappa shape index (κ2) is 6.75. The van der Waals surface area contributed by atoms with E-state index in [1.54, 1.807) is 7.11 Å². The summed E-state index contributed by atoms with van der Waals surface area (Å²) in [6, 6.07) is 7.66. The number of benzene rings is 1. The number of oxime groups is 1. The first-order valence-corrected chi connectivity index (χ1v) is 5.36. The zero-order valence-corrected chi connectivity index (χ0v) is 10.1. The van der Waals surface area contributed by atoms with Crippen LogP contribution in [0.25, 0.3) is 0 Å². The molecule has 0 saturated carbocycles. The van der Waals surface area contributed by atoms with Gasteiger partial charge in [0.15, 0.2) is 0 Å². The predicted octanol–water partition coefficient (Wildman–Crippen LogP) is 1.74. The predicted molar refractivity (Wildman–Crippen MR) is 65.3 cm³/mol. The van der Waals surface area contributed by atoms with Gasteiger partial charge in [-0.15, -0.1) is 0 Å². The number of hydrogen-bond acceptors (Lipinski definition) is 4. The van der Waals surface area contributed by atoms with Gasteiger partial charge in [0.1, 0.15) is 11.6 Å². The molecule has 0 aliphatic rings. The average molecular weight is 238 g/mol. The van der Waals surface area contributed by atoms with Crippen molar-refractivity contribution in [2.75, 3.05) is 7.11 Å². The lowest BCUT2D eigenvalue weighted by Crippen LogP contribution is -2.20. The Morgan fingerprint density at radius 1 is 1.53 bits per heavy atom. The molecule has 0 saturated heterocycles. The van der Waals surface area contributed by atoms with Crippen molar-refractivity contribution in [1.29, 1.82) is 0 Å². The molecular weight excluding hydrogens is 220 g/mol. The van der Waals surface area contributed by atoms with Gasteiger partial charge in [-0.2, -0.15) is 0 Å². The third-order valence-corrected chi connectivity index (χ3v) is 2.29. The molecule has 17 heavy (non-hydrogen) atoms. The van der Waals surface area contributed by atoms with Crippen molar-refractivity contribution in [3.63, 3.8) is 0 Å². The molecule has 0 aliphatic heterocycles. The van der Waals surface area contributed by atoms with Crippen LogP contribution in [0.5, 0.6) is 5.75 Å². The second-order valence-electron chi connectivity index (χ2n) is 3.77. The molecule has 1 unspecified atom stereocenters. The fourth-order valence-corrected chi connectivity index (χ4v) is 1.39. The van der Waals surface area contributed by atoms with Gasteiger partial charge >= 0.3 is 0 Å². The van der Waals surface area contributed by atoms with Crippen LogP contribution in [0.4, 0.5) is 0 Å². The fourth-order valence-electron chi connectivity index (χ4n) is 1.39. The maximum atomic E-state index is 8.43. The first-order valence-electron chi connectivity index (χ1n) is 5.36. The molecule has 0 heterocycles. The minimum Gasteiger partial charge on any atom is -0.497 e. The van der Waals surface area contributed by atoms with Crippen LogP contribution in [0.3, 0.4) is 0 Å². The van der Waals surface area contributed by atoms with Crippen molar-refractivity contribution in [3.8, 4) is 5.75 Å². The highest BCUT2D eigenvalue weighted by atomic mass is 16.5. The molecule has 3 N–H and O–H groups in total. The molecule has 0 spiro atoms. The Labute approximate surface area is 101 Å². The molecule has 5 nitrogen and oxygen atoms in total. The minimum absolute atomic E-state index is 0.0999. The maximum Gasteiger partial charge on any atom is 0.141 e. The Morgan fingerprint density at radius 2 is 2.29 bits per heavy atom. The Hall–Kier alpha value is -1.75. The first-order chi connectivity index (χ1) is 8.15. The highest BCUT2D eigenvalue weighted by Gasteiger charge is 2.06. The monoisotopic (exact) mass is 238 g/mol. The Kier molecular flexibility index (Phi) is 5.29. The molecule has 0 bridgehead atoms. The van der Waals surface area contributed by atoms with E-state index < -0.39 is 0 Å². The zero-order valence-electron chi connectivity index (χ0n) is 10.1. The van der Waals surface area contributed by atoms with E-state index in [1.807, 2.05) is 31.2 Å². The number of rotatable bonds is 6. The van der Waals surface area contributed by atoms with Gasteiger partial charge in [-0.05, 0) is 24.6 Å². The lowest BCUT2D eigenvalue weighted by molar-refractivity contribution is 0.0573. The van der Waals surface area contributed by atoms with Gasteiger partial charge in [0.2, 0.25) is 0 Å². The van der Waals surface area contributed by atoms with Gasteiger partial charge in [-0.1, -0.05) is 17.3 Å². The number of hydrogen-bond donors (Lipinski definition) is 2. The molecule has 1 aromatic carbocycles. The highest BCUT2D eigenvalue weighted by Crippen LogP contribution is 2.14. The largest absolute Gasteiger partial charge is 0.497 e. The van der Waals surface area contributed by atoms with E-state index in [9.17, 15) is 0 Å². The molecule has 0 aromatic heterocycles. The topological polar surface area (TPSA) is 77.1 Å². The molecule has 5 heteroatoms. The van der Waals surface area contributed by atoms with Crippen molar-refractivity contribution < 1.29 is 14.7 Å². The van der Waals surface area contributed by atoms with E-state index in [2.05, 4.69) is 5.16 Å². The molecule has 0 amide bonds. The first kappa shape index (κ1) is 13.3. The van der Waals surface area contributed by atoms with Gasteiger partial charge < -0.3 is 20.4 Å². The van der Waals surface area contributed by atoms with Gasteiger partial charge in [0.25, 0.3) is 0 Å².